The molecule has 0 amide bonds. The maximum atomic E-state index is 5.36. The van der Waals surface area contributed by atoms with Crippen molar-refractivity contribution in [1.29, 1.82) is 0 Å². The lowest BCUT2D eigenvalue weighted by Gasteiger charge is -1.96. The molecule has 0 aliphatic heterocycles. The summed E-state index contributed by atoms with van der Waals surface area (Å²) < 4.78 is 0. The van der Waals surface area contributed by atoms with Crippen molar-refractivity contribution in [2.45, 2.75) is 10.9 Å². The van der Waals surface area contributed by atoms with Crippen LogP contribution in [0.25, 0.3) is 0 Å². The molecule has 16 heavy (non-hydrogen) atoms. The Kier molecular flexibility index (Phi) is 4.05. The average molecular weight is 249 g/mol. The fraction of sp³-hybridized carbons (Fsp3) is 0.182. The van der Waals surface area contributed by atoms with Gasteiger partial charge in [-0.2, -0.15) is 0 Å². The van der Waals surface area contributed by atoms with Gasteiger partial charge in [0.2, 0.25) is 0 Å². The molecule has 0 atom stereocenters. The van der Waals surface area contributed by atoms with Crippen molar-refractivity contribution in [1.82, 2.24) is 9.97 Å². The maximum Gasteiger partial charge on any atom is 0.165 e. The number of nitrogens with one attached hydrogen (secondary N) is 1. The Morgan fingerprint density at radius 1 is 1.56 bits per heavy atom. The van der Waals surface area contributed by atoms with Crippen LogP contribution in [-0.4, -0.2) is 16.5 Å². The van der Waals surface area contributed by atoms with Crippen LogP contribution in [0.2, 0.25) is 0 Å². The molecule has 0 saturated carbocycles. The second-order valence-corrected chi connectivity index (χ2v) is 4.91. The summed E-state index contributed by atoms with van der Waals surface area (Å²) >= 11 is 3.39. The van der Waals surface area contributed by atoms with Crippen molar-refractivity contribution >= 4 is 23.1 Å². The summed E-state index contributed by atoms with van der Waals surface area (Å²) in [6, 6.07) is 2.03. The highest BCUT2D eigenvalue weighted by atomic mass is 32.2. The fourth-order valence-corrected chi connectivity index (χ4v) is 2.95. The first kappa shape index (κ1) is 11.3. The second kappa shape index (κ2) is 5.75. The van der Waals surface area contributed by atoms with E-state index in [1.807, 2.05) is 12.3 Å². The Labute approximate surface area is 102 Å². The zero-order valence-corrected chi connectivity index (χ0v) is 10.2. The zero-order chi connectivity index (χ0) is 11.2. The molecule has 0 aromatic carbocycles. The number of thioether (sulfide) groups is 1. The molecular formula is C11H11N3S2. The number of aromatic nitrogens is 2. The molecule has 2 rings (SSSR count). The van der Waals surface area contributed by atoms with Crippen molar-refractivity contribution in [3.8, 4) is 11.8 Å². The Morgan fingerprint density at radius 2 is 2.50 bits per heavy atom. The van der Waals surface area contributed by atoms with Crippen LogP contribution >= 0.6 is 23.1 Å². The maximum absolute atomic E-state index is 5.36. The van der Waals surface area contributed by atoms with Crippen LogP contribution in [0.15, 0.2) is 29.0 Å². The van der Waals surface area contributed by atoms with Gasteiger partial charge in [-0.15, -0.1) is 11.3 Å². The molecule has 0 unspecified atom stereocenters. The third-order valence-electron chi connectivity index (χ3n) is 1.88. The standard InChI is InChI=1S/C11H11N3S2/c12-4-1-2-9-3-7-15-10(9)8-16-11-13-5-6-14-11/h3,5-7H,4,8,12H2,(H,13,14). The lowest BCUT2D eigenvalue weighted by atomic mass is 10.3. The van der Waals surface area contributed by atoms with E-state index in [0.29, 0.717) is 6.54 Å². The molecule has 5 heteroatoms. The van der Waals surface area contributed by atoms with E-state index in [4.69, 9.17) is 5.73 Å². The van der Waals surface area contributed by atoms with Gasteiger partial charge in [0, 0.05) is 28.6 Å². The van der Waals surface area contributed by atoms with Gasteiger partial charge in [-0.3, -0.25) is 0 Å². The monoisotopic (exact) mass is 249 g/mol. The van der Waals surface area contributed by atoms with Crippen LogP contribution < -0.4 is 5.73 Å². The molecule has 0 saturated heterocycles. The summed E-state index contributed by atoms with van der Waals surface area (Å²) in [7, 11) is 0. The minimum absolute atomic E-state index is 0.403. The lowest BCUT2D eigenvalue weighted by molar-refractivity contribution is 1.06. The first-order valence-corrected chi connectivity index (χ1v) is 6.64. The number of hydrogen-bond donors (Lipinski definition) is 2. The fourth-order valence-electron chi connectivity index (χ4n) is 1.17. The predicted molar refractivity (Wildman–Crippen MR) is 68.4 cm³/mol. The number of aromatic amines is 1. The van der Waals surface area contributed by atoms with Crippen LogP contribution in [-0.2, 0) is 5.75 Å². The second-order valence-electron chi connectivity index (χ2n) is 2.95. The highest BCUT2D eigenvalue weighted by Gasteiger charge is 2.03. The summed E-state index contributed by atoms with van der Waals surface area (Å²) in [6.07, 6.45) is 3.58. The zero-order valence-electron chi connectivity index (χ0n) is 8.56. The Bertz CT molecular complexity index is 491. The van der Waals surface area contributed by atoms with E-state index >= 15 is 0 Å². The van der Waals surface area contributed by atoms with Crippen molar-refractivity contribution in [3.05, 3.63) is 34.3 Å². The smallest absolute Gasteiger partial charge is 0.165 e. The number of nitrogens with zero attached hydrogens (tertiary/aromatic N) is 1. The van der Waals surface area contributed by atoms with Gasteiger partial charge in [-0.1, -0.05) is 23.6 Å². The van der Waals surface area contributed by atoms with Gasteiger partial charge in [0.05, 0.1) is 6.54 Å². The molecule has 82 valence electrons. The van der Waals surface area contributed by atoms with Crippen LogP contribution in [0.3, 0.4) is 0 Å². The molecule has 0 aliphatic rings. The minimum atomic E-state index is 0.403. The molecule has 2 heterocycles. The van der Waals surface area contributed by atoms with E-state index in [0.717, 1.165) is 16.5 Å². The van der Waals surface area contributed by atoms with Crippen LogP contribution in [0.4, 0.5) is 0 Å². The third-order valence-corrected chi connectivity index (χ3v) is 3.92. The molecular weight excluding hydrogens is 238 g/mol. The third kappa shape index (κ3) is 2.89. The highest BCUT2D eigenvalue weighted by molar-refractivity contribution is 7.98. The quantitative estimate of drug-likeness (QED) is 0.647. The van der Waals surface area contributed by atoms with Gasteiger partial charge < -0.3 is 10.7 Å². The number of rotatable bonds is 3. The van der Waals surface area contributed by atoms with Gasteiger partial charge in [0.1, 0.15) is 0 Å². The number of hydrogen-bond acceptors (Lipinski definition) is 4. The average Bonchev–Trinajstić information content (AvgIpc) is 2.94. The summed E-state index contributed by atoms with van der Waals surface area (Å²) in [5, 5.41) is 2.99. The first-order chi connectivity index (χ1) is 7.90. The predicted octanol–water partition coefficient (Wildman–Crippen LogP) is 2.07. The molecule has 2 aromatic rings. The topological polar surface area (TPSA) is 54.7 Å². The highest BCUT2D eigenvalue weighted by Crippen LogP contribution is 2.25. The molecule has 3 nitrogen and oxygen atoms in total. The van der Waals surface area contributed by atoms with Crippen LogP contribution in [0.5, 0.6) is 0 Å². The molecule has 0 aliphatic carbocycles. The van der Waals surface area contributed by atoms with E-state index in [1.165, 1.54) is 4.88 Å². The number of nitrogens with two attached hydrogens (primary N) is 1. The van der Waals surface area contributed by atoms with E-state index < -0.39 is 0 Å². The summed E-state index contributed by atoms with van der Waals surface area (Å²) in [6.45, 7) is 0.403. The van der Waals surface area contributed by atoms with E-state index in [2.05, 4.69) is 27.2 Å². The molecule has 0 bridgehead atoms. The minimum Gasteiger partial charge on any atom is -0.340 e. The van der Waals surface area contributed by atoms with Crippen LogP contribution in [0, 0.1) is 11.8 Å². The van der Waals surface area contributed by atoms with E-state index in [9.17, 15) is 0 Å². The SMILES string of the molecule is NCC#Cc1ccsc1CSc1ncc[nH]1. The summed E-state index contributed by atoms with van der Waals surface area (Å²) in [5.41, 5.74) is 6.43. The van der Waals surface area contributed by atoms with Gasteiger partial charge >= 0.3 is 0 Å². The Balaban J connectivity index is 2.01. The summed E-state index contributed by atoms with van der Waals surface area (Å²) in [5.74, 6) is 6.84. The number of thiophene rings is 1. The van der Waals surface area contributed by atoms with Crippen molar-refractivity contribution in [3.63, 3.8) is 0 Å². The normalized spacial score (nSPS) is 9.81. The Hall–Kier alpha value is -1.22. The van der Waals surface area contributed by atoms with Gasteiger partial charge in [-0.05, 0) is 11.4 Å². The molecule has 0 radical (unpaired) electrons. The van der Waals surface area contributed by atoms with E-state index in [-0.39, 0.29) is 0 Å². The van der Waals surface area contributed by atoms with Crippen LogP contribution in [0.1, 0.15) is 10.4 Å². The van der Waals surface area contributed by atoms with Crippen molar-refractivity contribution in [2.75, 3.05) is 6.54 Å². The largest absolute Gasteiger partial charge is 0.340 e. The molecule has 0 spiro atoms. The lowest BCUT2D eigenvalue weighted by Crippen LogP contribution is -1.93. The number of H-pyrrole nitrogens is 1. The molecule has 0 fully saturated rings. The van der Waals surface area contributed by atoms with Crippen molar-refractivity contribution < 1.29 is 0 Å². The van der Waals surface area contributed by atoms with Gasteiger partial charge in [-0.25, -0.2) is 4.98 Å². The first-order valence-electron chi connectivity index (χ1n) is 4.77. The summed E-state index contributed by atoms with van der Waals surface area (Å²) in [4.78, 5) is 8.49. The number of imidazole rings is 1. The van der Waals surface area contributed by atoms with Crippen molar-refractivity contribution in [2.24, 2.45) is 5.73 Å². The molecule has 3 N–H and O–H groups in total. The Morgan fingerprint density at radius 3 is 3.25 bits per heavy atom. The molecule has 2 aromatic heterocycles. The van der Waals surface area contributed by atoms with Gasteiger partial charge in [0.25, 0.3) is 0 Å². The van der Waals surface area contributed by atoms with E-state index in [1.54, 1.807) is 29.3 Å². The van der Waals surface area contributed by atoms with Gasteiger partial charge in [0.15, 0.2) is 5.16 Å².